The van der Waals surface area contributed by atoms with Crippen LogP contribution in [-0.4, -0.2) is 17.5 Å². The van der Waals surface area contributed by atoms with Gasteiger partial charge in [-0.05, 0) is 36.1 Å². The van der Waals surface area contributed by atoms with Gasteiger partial charge in [0.25, 0.3) is 0 Å². The number of rotatable bonds is 4. The minimum absolute atomic E-state index is 0.0120. The Hall–Kier alpha value is -2.49. The van der Waals surface area contributed by atoms with Gasteiger partial charge in [-0.3, -0.25) is 4.79 Å². The third-order valence-corrected chi connectivity index (χ3v) is 3.39. The van der Waals surface area contributed by atoms with Crippen LogP contribution in [0.5, 0.6) is 0 Å². The minimum Gasteiger partial charge on any atom is -0.317 e. The summed E-state index contributed by atoms with van der Waals surface area (Å²) in [7, 11) is 0. The lowest BCUT2D eigenvalue weighted by atomic mass is 9.90. The summed E-state index contributed by atoms with van der Waals surface area (Å²) in [5.74, 6) is -0.341. The highest BCUT2D eigenvalue weighted by Gasteiger charge is 2.19. The zero-order chi connectivity index (χ0) is 16.1. The van der Waals surface area contributed by atoms with Crippen LogP contribution in [0.15, 0.2) is 58.8 Å². The van der Waals surface area contributed by atoms with Crippen molar-refractivity contribution < 1.29 is 14.4 Å². The normalized spacial score (nSPS) is 16.5. The van der Waals surface area contributed by atoms with Gasteiger partial charge in [0.15, 0.2) is 5.78 Å². The maximum atomic E-state index is 11.9. The van der Waals surface area contributed by atoms with Gasteiger partial charge in [0.2, 0.25) is 0 Å². The molecule has 0 saturated carbocycles. The molecule has 0 spiro atoms. The highest BCUT2D eigenvalue weighted by Crippen LogP contribution is 2.19. The highest BCUT2D eigenvalue weighted by molar-refractivity contribution is 6.21. The number of benzene rings is 1. The lowest BCUT2D eigenvalue weighted by Gasteiger charge is -2.14. The van der Waals surface area contributed by atoms with Gasteiger partial charge in [-0.15, -0.1) is 0 Å². The minimum atomic E-state index is -0.428. The molecule has 2 rings (SSSR count). The molecule has 0 unspecified atom stereocenters. The number of carbonyl (C=O) groups is 2. The van der Waals surface area contributed by atoms with E-state index in [2.05, 4.69) is 5.16 Å². The first-order chi connectivity index (χ1) is 10.5. The SMILES string of the molecule is CC1=CC(=O)C(C(C)C)=C/C1=N\OC(=O)Cc1ccccc1. The molecule has 1 aliphatic rings. The van der Waals surface area contributed by atoms with Crippen LogP contribution in [0.25, 0.3) is 0 Å². The summed E-state index contributed by atoms with van der Waals surface area (Å²) in [6.07, 6.45) is 3.39. The molecule has 0 radical (unpaired) electrons. The monoisotopic (exact) mass is 297 g/mol. The number of oxime groups is 1. The van der Waals surface area contributed by atoms with Crippen LogP contribution in [0.3, 0.4) is 0 Å². The van der Waals surface area contributed by atoms with E-state index < -0.39 is 5.97 Å². The van der Waals surface area contributed by atoms with Crippen LogP contribution in [0, 0.1) is 5.92 Å². The van der Waals surface area contributed by atoms with Gasteiger partial charge >= 0.3 is 5.97 Å². The Labute approximate surface area is 130 Å². The van der Waals surface area contributed by atoms with Gasteiger partial charge < -0.3 is 4.84 Å². The predicted molar refractivity (Wildman–Crippen MR) is 85.4 cm³/mol. The van der Waals surface area contributed by atoms with E-state index in [9.17, 15) is 9.59 Å². The molecule has 0 amide bonds. The van der Waals surface area contributed by atoms with Gasteiger partial charge in [-0.25, -0.2) is 4.79 Å². The molecule has 114 valence electrons. The Morgan fingerprint density at radius 1 is 1.18 bits per heavy atom. The van der Waals surface area contributed by atoms with Crippen molar-refractivity contribution in [2.45, 2.75) is 27.2 Å². The molecule has 22 heavy (non-hydrogen) atoms. The Morgan fingerprint density at radius 3 is 2.50 bits per heavy atom. The van der Waals surface area contributed by atoms with E-state index in [0.717, 1.165) is 5.56 Å². The molecular weight excluding hydrogens is 278 g/mol. The highest BCUT2D eigenvalue weighted by atomic mass is 16.7. The van der Waals surface area contributed by atoms with Crippen molar-refractivity contribution in [1.29, 1.82) is 0 Å². The van der Waals surface area contributed by atoms with Crippen LogP contribution in [-0.2, 0) is 20.8 Å². The molecule has 0 aromatic heterocycles. The molecule has 0 saturated heterocycles. The maximum absolute atomic E-state index is 11.9. The fraction of sp³-hybridized carbons (Fsp3) is 0.278. The van der Waals surface area contributed by atoms with E-state index in [-0.39, 0.29) is 18.1 Å². The summed E-state index contributed by atoms with van der Waals surface area (Å²) >= 11 is 0. The van der Waals surface area contributed by atoms with Crippen molar-refractivity contribution in [3.63, 3.8) is 0 Å². The van der Waals surface area contributed by atoms with Crippen LogP contribution in [0.4, 0.5) is 0 Å². The predicted octanol–water partition coefficient (Wildman–Crippen LogP) is 3.24. The van der Waals surface area contributed by atoms with E-state index in [1.807, 2.05) is 44.2 Å². The van der Waals surface area contributed by atoms with E-state index in [1.165, 1.54) is 6.08 Å². The van der Waals surface area contributed by atoms with Crippen molar-refractivity contribution in [2.24, 2.45) is 11.1 Å². The van der Waals surface area contributed by atoms with Gasteiger partial charge in [0.05, 0.1) is 6.42 Å². The molecule has 1 aliphatic carbocycles. The fourth-order valence-electron chi connectivity index (χ4n) is 2.13. The number of carbonyl (C=O) groups excluding carboxylic acids is 2. The summed E-state index contributed by atoms with van der Waals surface area (Å²) in [4.78, 5) is 28.6. The Morgan fingerprint density at radius 2 is 1.86 bits per heavy atom. The summed E-state index contributed by atoms with van der Waals surface area (Å²) in [6, 6.07) is 9.34. The quantitative estimate of drug-likeness (QED) is 0.487. The molecule has 0 N–H and O–H groups in total. The number of ketones is 1. The van der Waals surface area contributed by atoms with Crippen molar-refractivity contribution in [2.75, 3.05) is 0 Å². The largest absolute Gasteiger partial charge is 0.339 e. The van der Waals surface area contributed by atoms with E-state index in [1.54, 1.807) is 13.0 Å². The molecule has 0 fully saturated rings. The summed E-state index contributed by atoms with van der Waals surface area (Å²) < 4.78 is 0. The van der Waals surface area contributed by atoms with Crippen LogP contribution >= 0.6 is 0 Å². The van der Waals surface area contributed by atoms with Crippen molar-refractivity contribution in [3.8, 4) is 0 Å². The molecular formula is C18H19NO3. The lowest BCUT2D eigenvalue weighted by molar-refractivity contribution is -0.142. The first-order valence-electron chi connectivity index (χ1n) is 7.23. The second-order valence-corrected chi connectivity index (χ2v) is 5.55. The smallest absolute Gasteiger partial charge is 0.317 e. The second-order valence-electron chi connectivity index (χ2n) is 5.55. The Bertz CT molecular complexity index is 667. The summed E-state index contributed by atoms with van der Waals surface area (Å²) in [5.41, 5.74) is 2.76. The average Bonchev–Trinajstić information content (AvgIpc) is 2.47. The zero-order valence-electron chi connectivity index (χ0n) is 13.0. The van der Waals surface area contributed by atoms with Crippen LogP contribution in [0.2, 0.25) is 0 Å². The molecule has 1 aromatic rings. The van der Waals surface area contributed by atoms with Gasteiger partial charge in [-0.2, -0.15) is 0 Å². The average molecular weight is 297 g/mol. The van der Waals surface area contributed by atoms with Gasteiger partial charge in [0, 0.05) is 5.57 Å². The molecule has 4 nitrogen and oxygen atoms in total. The number of allylic oxidation sites excluding steroid dienone is 4. The topological polar surface area (TPSA) is 55.7 Å². The summed E-state index contributed by atoms with van der Waals surface area (Å²) in [6.45, 7) is 5.66. The molecule has 0 atom stereocenters. The molecule has 1 aromatic carbocycles. The standard InChI is InChI=1S/C18H19NO3/c1-12(2)15-11-16(13(3)9-17(15)20)19-22-18(21)10-14-7-5-4-6-8-14/h4-9,11-12H,10H2,1-3H3/b19-16+. The molecule has 0 bridgehead atoms. The zero-order valence-corrected chi connectivity index (χ0v) is 13.0. The summed E-state index contributed by atoms with van der Waals surface area (Å²) in [5, 5.41) is 3.90. The van der Waals surface area contributed by atoms with Gasteiger partial charge in [0.1, 0.15) is 5.71 Å². The van der Waals surface area contributed by atoms with Crippen molar-refractivity contribution in [3.05, 3.63) is 59.2 Å². The number of hydrogen-bond acceptors (Lipinski definition) is 4. The lowest BCUT2D eigenvalue weighted by Crippen LogP contribution is -2.16. The Kier molecular flexibility index (Phi) is 5.04. The molecule has 4 heteroatoms. The first kappa shape index (κ1) is 15.9. The third-order valence-electron chi connectivity index (χ3n) is 3.39. The van der Waals surface area contributed by atoms with E-state index >= 15 is 0 Å². The van der Waals surface area contributed by atoms with Crippen LogP contribution in [0.1, 0.15) is 26.3 Å². The second kappa shape index (κ2) is 6.98. The van der Waals surface area contributed by atoms with Crippen molar-refractivity contribution >= 4 is 17.5 Å². The molecule has 0 heterocycles. The third kappa shape index (κ3) is 4.01. The van der Waals surface area contributed by atoms with Gasteiger partial charge in [-0.1, -0.05) is 49.3 Å². The Balaban J connectivity index is 2.07. The van der Waals surface area contributed by atoms with Crippen LogP contribution < -0.4 is 0 Å². The van der Waals surface area contributed by atoms with E-state index in [0.29, 0.717) is 16.9 Å². The number of nitrogens with zero attached hydrogens (tertiary/aromatic N) is 1. The van der Waals surface area contributed by atoms with E-state index in [4.69, 9.17) is 4.84 Å². The fourth-order valence-corrected chi connectivity index (χ4v) is 2.13. The number of hydrogen-bond donors (Lipinski definition) is 0. The maximum Gasteiger partial charge on any atom is 0.339 e. The first-order valence-corrected chi connectivity index (χ1v) is 7.23. The van der Waals surface area contributed by atoms with Crippen molar-refractivity contribution in [1.82, 2.24) is 0 Å². The molecule has 0 aliphatic heterocycles.